The Morgan fingerprint density at radius 1 is 0.571 bits per heavy atom. The van der Waals surface area contributed by atoms with Crippen LogP contribution in [0.5, 0.6) is 0 Å². The molecule has 0 rings (SSSR count). The predicted octanol–water partition coefficient (Wildman–Crippen LogP) is -0.495. The van der Waals surface area contributed by atoms with Gasteiger partial charge in [0, 0.05) is 0 Å². The van der Waals surface area contributed by atoms with Crippen LogP contribution in [0.1, 0.15) is 0 Å². The second kappa shape index (κ2) is 7.51. The molecule has 0 amide bonds. The molecule has 0 aromatic rings. The third-order valence-corrected chi connectivity index (χ3v) is 5.50. The van der Waals surface area contributed by atoms with Gasteiger partial charge in [-0.05, 0) is 0 Å². The maximum atomic E-state index is 11.2. The molecule has 0 spiro atoms. The van der Waals surface area contributed by atoms with Crippen LogP contribution in [0, 0.1) is 5.41 Å². The largest absolute Gasteiger partial charge is 0.480 e. The lowest BCUT2D eigenvalue weighted by molar-refractivity contribution is -0.148. The summed E-state index contributed by atoms with van der Waals surface area (Å²) in [5.74, 6) is -6.89. The molecule has 8 nitrogen and oxygen atoms in total. The Hall–Kier alpha value is -0.720. The fraction of sp³-hybridized carbons (Fsp3) is 0.556. The number of hydrogen-bond donors (Lipinski definition) is 8. The Morgan fingerprint density at radius 2 is 0.714 bits per heavy atom. The highest BCUT2D eigenvalue weighted by Crippen LogP contribution is 2.46. The van der Waals surface area contributed by atoms with Crippen molar-refractivity contribution in [2.45, 2.75) is 21.0 Å². The molecule has 0 saturated heterocycles. The quantitative estimate of drug-likeness (QED) is 0.264. The summed E-state index contributed by atoms with van der Waals surface area (Å²) in [7, 11) is 0. The second-order valence-corrected chi connectivity index (χ2v) is 6.03. The number of thiol groups is 4. The Balaban J connectivity index is 6.47. The van der Waals surface area contributed by atoms with E-state index in [9.17, 15) is 19.2 Å². The maximum absolute atomic E-state index is 11.2. The Morgan fingerprint density at radius 3 is 0.810 bits per heavy atom. The number of carboxylic acid groups (broad SMARTS) is 4. The monoisotopic (exact) mass is 376 g/mol. The van der Waals surface area contributed by atoms with Gasteiger partial charge in [0.1, 0.15) is 21.0 Å². The molecule has 0 fully saturated rings. The average Bonchev–Trinajstić information content (AvgIpc) is 2.37. The highest BCUT2D eigenvalue weighted by molar-refractivity contribution is 7.85. The molecule has 0 aliphatic rings. The van der Waals surface area contributed by atoms with E-state index in [1.54, 1.807) is 0 Å². The summed E-state index contributed by atoms with van der Waals surface area (Å²) >= 11 is 14.7. The van der Waals surface area contributed by atoms with E-state index in [0.717, 1.165) is 0 Å². The van der Waals surface area contributed by atoms with Gasteiger partial charge < -0.3 is 20.4 Å². The molecule has 120 valence electrons. The van der Waals surface area contributed by atoms with Crippen molar-refractivity contribution >= 4 is 74.4 Å². The van der Waals surface area contributed by atoms with E-state index in [2.05, 4.69) is 50.5 Å². The zero-order valence-electron chi connectivity index (χ0n) is 10.0. The van der Waals surface area contributed by atoms with Crippen molar-refractivity contribution in [2.24, 2.45) is 5.41 Å². The van der Waals surface area contributed by atoms with Crippen molar-refractivity contribution < 1.29 is 39.6 Å². The minimum Gasteiger partial charge on any atom is -0.480 e. The average molecular weight is 376 g/mol. The van der Waals surface area contributed by atoms with E-state index in [-0.39, 0.29) is 0 Å². The zero-order chi connectivity index (χ0) is 17.1. The number of rotatable bonds is 8. The topological polar surface area (TPSA) is 149 Å². The summed E-state index contributed by atoms with van der Waals surface area (Å²) < 4.78 is 0. The lowest BCUT2D eigenvalue weighted by Gasteiger charge is -2.43. The molecule has 0 aliphatic carbocycles. The van der Waals surface area contributed by atoms with E-state index in [1.807, 2.05) is 0 Å². The van der Waals surface area contributed by atoms with Crippen molar-refractivity contribution in [1.82, 2.24) is 0 Å². The molecule has 4 N–H and O–H groups in total. The van der Waals surface area contributed by atoms with Gasteiger partial charge in [0.05, 0.1) is 5.41 Å². The predicted molar refractivity (Wildman–Crippen MR) is 84.1 cm³/mol. The highest BCUT2D eigenvalue weighted by atomic mass is 32.1. The Kier molecular flexibility index (Phi) is 7.26. The van der Waals surface area contributed by atoms with Crippen LogP contribution in [0.2, 0.25) is 0 Å². The lowest BCUT2D eigenvalue weighted by Crippen LogP contribution is -2.62. The van der Waals surface area contributed by atoms with Crippen LogP contribution in [0.25, 0.3) is 0 Å². The summed E-state index contributed by atoms with van der Waals surface area (Å²) in [5, 5.41) is 28.2. The van der Waals surface area contributed by atoms with E-state index in [4.69, 9.17) is 20.4 Å². The van der Waals surface area contributed by atoms with Crippen molar-refractivity contribution in [2.75, 3.05) is 0 Å². The Labute approximate surface area is 140 Å². The van der Waals surface area contributed by atoms with Crippen LogP contribution in [-0.4, -0.2) is 65.3 Å². The van der Waals surface area contributed by atoms with Gasteiger partial charge in [-0.1, -0.05) is 0 Å². The summed E-state index contributed by atoms with van der Waals surface area (Å²) in [4.78, 5) is 44.7. The first-order valence-electron chi connectivity index (χ1n) is 5.05. The molecule has 0 saturated carbocycles. The van der Waals surface area contributed by atoms with Crippen molar-refractivity contribution in [3.05, 3.63) is 0 Å². The smallest absolute Gasteiger partial charge is 0.317 e. The minimum absolute atomic E-state index is 1.72. The first-order chi connectivity index (χ1) is 9.42. The van der Waals surface area contributed by atoms with Crippen molar-refractivity contribution in [1.29, 1.82) is 0 Å². The normalized spacial score (nSPS) is 19.6. The summed E-state index contributed by atoms with van der Waals surface area (Å²) in [5.41, 5.74) is -2.52. The maximum Gasteiger partial charge on any atom is 0.317 e. The van der Waals surface area contributed by atoms with Gasteiger partial charge in [-0.15, -0.1) is 0 Å². The molecule has 0 heterocycles. The first kappa shape index (κ1) is 20.3. The minimum atomic E-state index is -2.52. The highest BCUT2D eigenvalue weighted by Gasteiger charge is 2.61. The summed E-state index contributed by atoms with van der Waals surface area (Å²) in [6.07, 6.45) is 0. The van der Waals surface area contributed by atoms with Gasteiger partial charge in [0.25, 0.3) is 0 Å². The van der Waals surface area contributed by atoms with Crippen LogP contribution in [0.3, 0.4) is 0 Å². The second-order valence-electron chi connectivity index (χ2n) is 3.96. The van der Waals surface area contributed by atoms with Crippen LogP contribution in [0.15, 0.2) is 0 Å². The van der Waals surface area contributed by atoms with Crippen LogP contribution in [-0.2, 0) is 19.2 Å². The van der Waals surface area contributed by atoms with Crippen LogP contribution >= 0.6 is 50.5 Å². The number of carboxylic acids is 4. The van der Waals surface area contributed by atoms with Gasteiger partial charge >= 0.3 is 23.9 Å². The molecule has 4 atom stereocenters. The molecule has 0 bridgehead atoms. The molecular weight excluding hydrogens is 364 g/mol. The molecule has 0 aliphatic heterocycles. The molecule has 0 aromatic carbocycles. The lowest BCUT2D eigenvalue weighted by atomic mass is 9.73. The number of hydrogen-bond acceptors (Lipinski definition) is 8. The van der Waals surface area contributed by atoms with Crippen LogP contribution < -0.4 is 0 Å². The molecule has 0 radical (unpaired) electrons. The zero-order valence-corrected chi connectivity index (χ0v) is 13.6. The first-order valence-corrected chi connectivity index (χ1v) is 7.12. The number of carbonyl (C=O) groups is 4. The summed E-state index contributed by atoms with van der Waals surface area (Å²) in [6.45, 7) is 0. The third-order valence-electron chi connectivity index (χ3n) is 2.83. The third kappa shape index (κ3) is 3.73. The van der Waals surface area contributed by atoms with Gasteiger partial charge in [-0.2, -0.15) is 50.5 Å². The van der Waals surface area contributed by atoms with E-state index in [1.165, 1.54) is 0 Å². The van der Waals surface area contributed by atoms with E-state index in [0.29, 0.717) is 0 Å². The number of aliphatic carboxylic acids is 4. The Bertz CT molecular complexity index is 381. The van der Waals surface area contributed by atoms with Crippen molar-refractivity contribution in [3.8, 4) is 0 Å². The molecule has 21 heavy (non-hydrogen) atoms. The van der Waals surface area contributed by atoms with Crippen LogP contribution in [0.4, 0.5) is 0 Å². The van der Waals surface area contributed by atoms with Gasteiger partial charge in [-0.25, -0.2) is 0 Å². The summed E-state index contributed by atoms with van der Waals surface area (Å²) in [6, 6.07) is 0. The molecule has 0 aromatic heterocycles. The van der Waals surface area contributed by atoms with Gasteiger partial charge in [0.2, 0.25) is 0 Å². The van der Waals surface area contributed by atoms with Crippen molar-refractivity contribution in [3.63, 3.8) is 0 Å². The molecule has 12 heteroatoms. The van der Waals surface area contributed by atoms with Gasteiger partial charge in [0.15, 0.2) is 0 Å². The fourth-order valence-corrected chi connectivity index (χ4v) is 4.25. The standard InChI is InChI=1S/C9H12O8S4/c10-5(11)1(18)9(2(19)6(12)13,3(20)7(14)15)4(21)8(16)17/h1-4,18-21H,(H,10,11)(H,12,13)(H,14,15)(H,16,17). The molecule has 4 unspecified atom stereocenters. The molecular formula is C9H12O8S4. The van der Waals surface area contributed by atoms with E-state index < -0.39 is 50.3 Å². The SMILES string of the molecule is O=C(O)C(S)C(C(S)C(=O)O)(C(S)C(=O)O)C(S)C(=O)O. The fourth-order valence-electron chi connectivity index (χ4n) is 1.75. The van der Waals surface area contributed by atoms with E-state index >= 15 is 0 Å². The van der Waals surface area contributed by atoms with Gasteiger partial charge in [-0.3, -0.25) is 19.2 Å².